The summed E-state index contributed by atoms with van der Waals surface area (Å²) in [6.07, 6.45) is -2.49. The first-order chi connectivity index (χ1) is 6.08. The Kier molecular flexibility index (Phi) is 21.7. The monoisotopic (exact) mass is 265 g/mol. The van der Waals surface area contributed by atoms with Gasteiger partial charge < -0.3 is 31.2 Å². The fraction of sp³-hybridized carbons (Fsp3) is 1.00. The van der Waals surface area contributed by atoms with Gasteiger partial charge in [0.2, 0.25) is 15.8 Å². The molecule has 0 saturated carbocycles. The summed E-state index contributed by atoms with van der Waals surface area (Å²) in [5.74, 6) is 0. The van der Waals surface area contributed by atoms with Gasteiger partial charge in [-0.3, -0.25) is 0 Å². The Hall–Kier alpha value is 0.600. The summed E-state index contributed by atoms with van der Waals surface area (Å²) in [5.41, 5.74) is 0. The Balaban J connectivity index is -0.000000240. The van der Waals surface area contributed by atoms with Crippen molar-refractivity contribution in [1.82, 2.24) is 0 Å². The van der Waals surface area contributed by atoms with E-state index in [1.165, 1.54) is 0 Å². The van der Waals surface area contributed by atoms with E-state index in [0.717, 1.165) is 0 Å². The van der Waals surface area contributed by atoms with Crippen molar-refractivity contribution in [2.24, 2.45) is 15.8 Å². The second-order valence-corrected chi connectivity index (χ2v) is 1.52. The molecule has 12 nitrogen and oxygen atoms in total. The van der Waals surface area contributed by atoms with Gasteiger partial charge >= 0.3 is 95.0 Å². The van der Waals surface area contributed by atoms with Gasteiger partial charge in [0.15, 0.2) is 0 Å². The van der Waals surface area contributed by atoms with E-state index in [9.17, 15) is 15.6 Å². The fourth-order valence-corrected chi connectivity index (χ4v) is 0.392. The van der Waals surface area contributed by atoms with Crippen LogP contribution >= 0.6 is 0 Å². The summed E-state index contributed by atoms with van der Waals surface area (Å²) in [6.45, 7) is 0. The Morgan fingerprint density at radius 2 is 0.875 bits per heavy atom. The second kappa shape index (κ2) is 13.7. The fourth-order valence-electron chi connectivity index (χ4n) is 0.392. The van der Waals surface area contributed by atoms with Crippen molar-refractivity contribution in [3.05, 3.63) is 15.6 Å². The topological polar surface area (TPSA) is 176 Å². The predicted molar refractivity (Wildman–Crippen MR) is 27.3 cm³/mol. The molecule has 15 heteroatoms. The van der Waals surface area contributed by atoms with E-state index in [1.54, 1.807) is 0 Å². The number of hydroxylamine groups is 3. The smallest absolute Gasteiger partial charge is 0.587 e. The van der Waals surface area contributed by atoms with Gasteiger partial charge in [0.1, 0.15) is 0 Å². The minimum atomic E-state index is -2.49. The van der Waals surface area contributed by atoms with E-state index in [4.69, 9.17) is 15.6 Å². The summed E-state index contributed by atoms with van der Waals surface area (Å²) in [7, 11) is 0. The Morgan fingerprint density at radius 3 is 1.00 bits per heavy atom. The summed E-state index contributed by atoms with van der Waals surface area (Å²) in [6, 6.07) is 0. The third-order valence-electron chi connectivity index (χ3n) is 0.857. The quantitative estimate of drug-likeness (QED) is 0.150. The molecule has 16 heavy (non-hydrogen) atoms. The first-order valence-corrected chi connectivity index (χ1v) is 2.52. The average molecular weight is 265 g/mol. The average Bonchev–Trinajstić information content (AvgIpc) is 2.16. The standard InChI is InChI=1S/CH4N6O6.3Na/c8-2-5(11)1(6(12)3-9)7(13)4-10;;;/h1,8-10H;;;/q;3*+1. The molecule has 3 N–H and O–H groups in total. The van der Waals surface area contributed by atoms with E-state index in [0.29, 0.717) is 0 Å². The Labute approximate surface area is 154 Å². The van der Waals surface area contributed by atoms with Gasteiger partial charge in [-0.2, -0.15) is 0 Å². The summed E-state index contributed by atoms with van der Waals surface area (Å²) < 4.78 is 0. The molecule has 0 radical (unpaired) electrons. The molecule has 0 aromatic heterocycles. The van der Waals surface area contributed by atoms with E-state index in [1.807, 2.05) is 15.8 Å². The molecule has 0 aromatic rings. The molecule has 0 amide bonds. The minimum Gasteiger partial charge on any atom is -0.587 e. The molecule has 0 unspecified atom stereocenters. The summed E-state index contributed by atoms with van der Waals surface area (Å²) in [5, 5.41) is 60.4. The molecule has 0 atom stereocenters. The van der Waals surface area contributed by atoms with Crippen molar-refractivity contribution in [2.45, 2.75) is 6.29 Å². The molecule has 0 bridgehead atoms. The van der Waals surface area contributed by atoms with Crippen LogP contribution in [0.15, 0.2) is 15.8 Å². The van der Waals surface area contributed by atoms with Gasteiger partial charge in [0.05, 0.1) is 14.6 Å². The molecule has 0 aliphatic heterocycles. The van der Waals surface area contributed by atoms with Crippen LogP contribution < -0.4 is 88.7 Å². The molecule has 0 fully saturated rings. The molecular weight excluding hydrogens is 261 g/mol. The van der Waals surface area contributed by atoms with Crippen LogP contribution in [0, 0.1) is 15.6 Å². The number of hydrogen-bond acceptors (Lipinski definition) is 6. The first kappa shape index (κ1) is 25.4. The Morgan fingerprint density at radius 1 is 0.688 bits per heavy atom. The minimum absolute atomic E-state index is 0. The predicted octanol–water partition coefficient (Wildman–Crippen LogP) is -9.66. The summed E-state index contributed by atoms with van der Waals surface area (Å²) >= 11 is 0. The zero-order valence-electron chi connectivity index (χ0n) is 8.83. The zero-order valence-corrected chi connectivity index (χ0v) is 14.8. The van der Waals surface area contributed by atoms with Crippen LogP contribution in [0.1, 0.15) is 0 Å². The van der Waals surface area contributed by atoms with Gasteiger partial charge in [-0.25, -0.2) is 0 Å². The normalized spacial score (nSPS) is 13.9. The van der Waals surface area contributed by atoms with Crippen LogP contribution in [0.25, 0.3) is 0 Å². The van der Waals surface area contributed by atoms with E-state index < -0.39 is 20.9 Å². The van der Waals surface area contributed by atoms with E-state index in [-0.39, 0.29) is 88.7 Å². The molecule has 0 aromatic carbocycles. The van der Waals surface area contributed by atoms with Gasteiger partial charge in [-0.1, -0.05) is 0 Å². The Bertz CT molecular complexity index is 224. The maximum Gasteiger partial charge on any atom is 1.00 e. The molecule has 74 valence electrons. The van der Waals surface area contributed by atoms with Crippen molar-refractivity contribution in [3.63, 3.8) is 0 Å². The van der Waals surface area contributed by atoms with E-state index in [2.05, 4.69) is 0 Å². The van der Waals surface area contributed by atoms with Gasteiger partial charge in [-0.05, 0) is 0 Å². The van der Waals surface area contributed by atoms with Crippen LogP contribution in [0.2, 0.25) is 0 Å². The summed E-state index contributed by atoms with van der Waals surface area (Å²) in [4.78, 5) is -2.54. The third-order valence-corrected chi connectivity index (χ3v) is 0.857. The SMILES string of the molecule is [Na+].[Na+].[Na+].[O-][N+](=NO)C([N+]([O-])=NO)[N+]([O-])=NO. The molecular formula is CH4N6Na3O6+3. The molecule has 0 rings (SSSR count). The number of rotatable bonds is 3. The van der Waals surface area contributed by atoms with Crippen molar-refractivity contribution in [3.8, 4) is 0 Å². The van der Waals surface area contributed by atoms with Crippen molar-refractivity contribution < 1.29 is 119 Å². The van der Waals surface area contributed by atoms with Crippen LogP contribution in [-0.4, -0.2) is 36.5 Å². The molecule has 0 spiro atoms. The van der Waals surface area contributed by atoms with Gasteiger partial charge in [0, 0.05) is 0 Å². The first-order valence-electron chi connectivity index (χ1n) is 2.52. The van der Waals surface area contributed by atoms with Crippen molar-refractivity contribution >= 4 is 0 Å². The molecule has 0 aliphatic rings. The van der Waals surface area contributed by atoms with Gasteiger partial charge in [-0.15, -0.1) is 0 Å². The molecule has 0 saturated heterocycles. The maximum atomic E-state index is 10.4. The zero-order chi connectivity index (χ0) is 10.4. The number of hydrogen-bond donors (Lipinski definition) is 3. The van der Waals surface area contributed by atoms with Crippen LogP contribution in [0.4, 0.5) is 0 Å². The van der Waals surface area contributed by atoms with Crippen molar-refractivity contribution in [2.75, 3.05) is 0 Å². The maximum absolute atomic E-state index is 10.4. The second-order valence-electron chi connectivity index (χ2n) is 1.52. The van der Waals surface area contributed by atoms with E-state index >= 15 is 0 Å². The largest absolute Gasteiger partial charge is 1.00 e. The van der Waals surface area contributed by atoms with Gasteiger partial charge in [0.25, 0.3) is 0 Å². The third kappa shape index (κ3) is 7.81. The van der Waals surface area contributed by atoms with Crippen LogP contribution in [0.3, 0.4) is 0 Å². The van der Waals surface area contributed by atoms with Crippen LogP contribution in [-0.2, 0) is 0 Å². The van der Waals surface area contributed by atoms with Crippen molar-refractivity contribution in [1.29, 1.82) is 0 Å². The number of nitrogens with zero attached hydrogens (tertiary/aromatic N) is 6. The molecule has 0 heterocycles. The van der Waals surface area contributed by atoms with Crippen LogP contribution in [0.5, 0.6) is 0 Å². The molecule has 0 aliphatic carbocycles.